The largest absolute Gasteiger partial charge is 1.00 e. The molecule has 1 aromatic rings. The molecule has 1 rings (SSSR count). The van der Waals surface area contributed by atoms with Gasteiger partial charge in [-0.3, -0.25) is 0 Å². The van der Waals surface area contributed by atoms with Gasteiger partial charge in [-0.25, -0.2) is 8.42 Å². The van der Waals surface area contributed by atoms with Crippen LogP contribution >= 0.6 is 0 Å². The number of hydrogen-bond acceptors (Lipinski definition) is 6. The van der Waals surface area contributed by atoms with Crippen molar-refractivity contribution >= 4 is 10.1 Å². The van der Waals surface area contributed by atoms with Crippen LogP contribution < -0.4 is 29.6 Å². The van der Waals surface area contributed by atoms with Crippen molar-refractivity contribution in [1.29, 1.82) is 0 Å². The Bertz CT molecular complexity index is 471. The van der Waals surface area contributed by atoms with Gasteiger partial charge in [0.25, 0.3) is 0 Å². The molecule has 0 saturated carbocycles. The van der Waals surface area contributed by atoms with Gasteiger partial charge in [-0.2, -0.15) is 0 Å². The van der Waals surface area contributed by atoms with Gasteiger partial charge in [0.1, 0.15) is 16.2 Å². The van der Waals surface area contributed by atoms with E-state index in [-0.39, 0.29) is 53.6 Å². The zero-order valence-electron chi connectivity index (χ0n) is 11.9. The molecule has 6 nitrogen and oxygen atoms in total. The summed E-state index contributed by atoms with van der Waals surface area (Å²) in [6.45, 7) is 2.97. The summed E-state index contributed by atoms with van der Waals surface area (Å²) in [5, 5.41) is 24.0. The fraction of sp³-hybridized carbons (Fsp3) is 0.500. The van der Waals surface area contributed by atoms with Gasteiger partial charge < -0.3 is 19.9 Å². The first kappa shape index (κ1) is 22.3. The predicted molar refractivity (Wildman–Crippen MR) is 68.7 cm³/mol. The van der Waals surface area contributed by atoms with Gasteiger partial charge >= 0.3 is 29.6 Å². The first-order valence-corrected chi connectivity index (χ1v) is 7.09. The van der Waals surface area contributed by atoms with Gasteiger partial charge in [0.15, 0.2) is 0 Å². The van der Waals surface area contributed by atoms with E-state index >= 15 is 0 Å². The minimum Gasteiger partial charge on any atom is -0.744 e. The molecular formula is C12H19NaO6S. The van der Waals surface area contributed by atoms with Gasteiger partial charge in [0.2, 0.25) is 0 Å². The van der Waals surface area contributed by atoms with Crippen LogP contribution in [0.2, 0.25) is 0 Å². The van der Waals surface area contributed by atoms with Crippen molar-refractivity contribution in [3.63, 3.8) is 0 Å². The summed E-state index contributed by atoms with van der Waals surface area (Å²) in [7, 11) is -4.33. The third kappa shape index (κ3) is 8.33. The van der Waals surface area contributed by atoms with Gasteiger partial charge in [-0.1, -0.05) is 32.0 Å². The van der Waals surface area contributed by atoms with Gasteiger partial charge in [-0.05, 0) is 17.5 Å². The van der Waals surface area contributed by atoms with Crippen LogP contribution in [0.5, 0.6) is 0 Å². The van der Waals surface area contributed by atoms with Gasteiger partial charge in [0, 0.05) is 0 Å². The zero-order valence-corrected chi connectivity index (χ0v) is 14.7. The summed E-state index contributed by atoms with van der Waals surface area (Å²) < 4.78 is 32.4. The molecule has 0 aliphatic rings. The Morgan fingerprint density at radius 2 is 1.60 bits per heavy atom. The molecule has 110 valence electrons. The standard InChI is InChI=1S/C9H12O3S.C3H8O3.Na/c1-7(2)8-5-3-4-6-9(8)13(10,11)12;4-1-3(6)2-5;/h3-7H,1-2H3,(H,10,11,12);3-6H,1-2H2;/q;;+1/p-1. The number of benzene rings is 1. The van der Waals surface area contributed by atoms with Crippen molar-refractivity contribution in [3.8, 4) is 0 Å². The summed E-state index contributed by atoms with van der Waals surface area (Å²) in [5.41, 5.74) is 0.581. The molecule has 0 heterocycles. The molecular weight excluding hydrogens is 295 g/mol. The van der Waals surface area contributed by atoms with Gasteiger partial charge in [-0.15, -0.1) is 0 Å². The maximum atomic E-state index is 10.8. The third-order valence-electron chi connectivity index (χ3n) is 2.23. The second-order valence-corrected chi connectivity index (χ2v) is 5.51. The molecule has 3 N–H and O–H groups in total. The van der Waals surface area contributed by atoms with E-state index < -0.39 is 16.2 Å². The summed E-state index contributed by atoms with van der Waals surface area (Å²) in [6, 6.07) is 6.29. The van der Waals surface area contributed by atoms with Crippen LogP contribution in [0.1, 0.15) is 25.3 Å². The molecule has 0 saturated heterocycles. The average molecular weight is 314 g/mol. The topological polar surface area (TPSA) is 118 Å². The second-order valence-electron chi connectivity index (χ2n) is 4.17. The van der Waals surface area contributed by atoms with Crippen LogP contribution in [0.25, 0.3) is 0 Å². The Morgan fingerprint density at radius 3 is 1.85 bits per heavy atom. The molecule has 0 aliphatic carbocycles. The fourth-order valence-corrected chi connectivity index (χ4v) is 2.08. The molecule has 0 aromatic heterocycles. The van der Waals surface area contributed by atoms with Crippen LogP contribution in [-0.2, 0) is 10.1 Å². The molecule has 0 atom stereocenters. The van der Waals surface area contributed by atoms with E-state index in [1.807, 2.05) is 13.8 Å². The maximum absolute atomic E-state index is 10.8. The zero-order chi connectivity index (χ0) is 15.1. The van der Waals surface area contributed by atoms with E-state index in [1.54, 1.807) is 18.2 Å². The SMILES string of the molecule is CC(C)c1ccccc1S(=O)(=O)[O-].OCC(O)CO.[Na+]. The Kier molecular flexibility index (Phi) is 11.9. The molecule has 8 heteroatoms. The van der Waals surface area contributed by atoms with Crippen molar-refractivity contribution in [2.24, 2.45) is 0 Å². The van der Waals surface area contributed by atoms with Gasteiger partial charge in [0.05, 0.1) is 18.1 Å². The minimum atomic E-state index is -4.33. The quantitative estimate of drug-likeness (QED) is 0.404. The molecule has 0 fully saturated rings. The van der Waals surface area contributed by atoms with E-state index in [2.05, 4.69) is 0 Å². The maximum Gasteiger partial charge on any atom is 1.00 e. The first-order valence-electron chi connectivity index (χ1n) is 5.68. The Labute approximate surface area is 141 Å². The van der Waals surface area contributed by atoms with E-state index in [0.29, 0.717) is 5.56 Å². The molecule has 0 bridgehead atoms. The Hall–Kier alpha value is 0.01000. The molecule has 20 heavy (non-hydrogen) atoms. The summed E-state index contributed by atoms with van der Waals surface area (Å²) in [5.74, 6) is 0.0416. The van der Waals surface area contributed by atoms with E-state index in [4.69, 9.17) is 15.3 Å². The van der Waals surface area contributed by atoms with E-state index in [9.17, 15) is 13.0 Å². The van der Waals surface area contributed by atoms with Crippen molar-refractivity contribution in [2.45, 2.75) is 30.8 Å². The second kappa shape index (κ2) is 10.7. The normalized spacial score (nSPS) is 10.8. The number of hydrogen-bond donors (Lipinski definition) is 3. The van der Waals surface area contributed by atoms with Crippen LogP contribution in [0.15, 0.2) is 29.2 Å². The number of rotatable bonds is 4. The Balaban J connectivity index is 0. The van der Waals surface area contributed by atoms with Crippen LogP contribution in [-0.4, -0.2) is 47.6 Å². The van der Waals surface area contributed by atoms with Crippen molar-refractivity contribution < 1.29 is 57.8 Å². The monoisotopic (exact) mass is 314 g/mol. The average Bonchev–Trinajstić information content (AvgIpc) is 2.37. The number of aliphatic hydroxyl groups is 3. The molecule has 0 amide bonds. The Morgan fingerprint density at radius 1 is 1.15 bits per heavy atom. The van der Waals surface area contributed by atoms with Crippen molar-refractivity contribution in [3.05, 3.63) is 29.8 Å². The molecule has 1 aromatic carbocycles. The molecule has 0 unspecified atom stereocenters. The predicted octanol–water partition coefficient (Wildman–Crippen LogP) is -2.95. The minimum absolute atomic E-state index is 0. The fourth-order valence-electron chi connectivity index (χ4n) is 1.24. The third-order valence-corrected chi connectivity index (χ3v) is 3.14. The van der Waals surface area contributed by atoms with Crippen LogP contribution in [0.3, 0.4) is 0 Å². The summed E-state index contributed by atoms with van der Waals surface area (Å²) >= 11 is 0. The summed E-state index contributed by atoms with van der Waals surface area (Å²) in [4.78, 5) is -0.106. The first-order chi connectivity index (χ1) is 8.73. The summed E-state index contributed by atoms with van der Waals surface area (Å²) in [6.07, 6.45) is -0.954. The van der Waals surface area contributed by atoms with Crippen LogP contribution in [0, 0.1) is 0 Å². The van der Waals surface area contributed by atoms with Crippen LogP contribution in [0.4, 0.5) is 0 Å². The smallest absolute Gasteiger partial charge is 0.744 e. The van der Waals surface area contributed by atoms with Crippen molar-refractivity contribution in [2.75, 3.05) is 13.2 Å². The molecule has 0 spiro atoms. The van der Waals surface area contributed by atoms with E-state index in [0.717, 1.165) is 0 Å². The molecule has 0 aliphatic heterocycles. The molecule has 0 radical (unpaired) electrons. The van der Waals surface area contributed by atoms with E-state index in [1.165, 1.54) is 6.07 Å². The van der Waals surface area contributed by atoms with Crippen molar-refractivity contribution in [1.82, 2.24) is 0 Å². The number of aliphatic hydroxyl groups excluding tert-OH is 3.